The molecule has 0 bridgehead atoms. The van der Waals surface area contributed by atoms with Crippen molar-refractivity contribution in [3.05, 3.63) is 35.1 Å². The molecule has 1 aromatic heterocycles. The first-order valence-corrected chi connectivity index (χ1v) is 5.17. The van der Waals surface area contributed by atoms with Gasteiger partial charge in [0.2, 0.25) is 4.80 Å². The van der Waals surface area contributed by atoms with Crippen LogP contribution in [0.4, 0.5) is 0 Å². The zero-order chi connectivity index (χ0) is 10.7. The zero-order valence-corrected chi connectivity index (χ0v) is 9.03. The molecule has 0 unspecified atom stereocenters. The van der Waals surface area contributed by atoms with E-state index in [1.807, 2.05) is 30.3 Å². The van der Waals surface area contributed by atoms with E-state index in [0.29, 0.717) is 4.80 Å². The molecule has 15 heavy (non-hydrogen) atoms. The maximum absolute atomic E-state index is 5.40. The number of hydrogen-bond donors (Lipinski definition) is 0. The predicted molar refractivity (Wildman–Crippen MR) is 61.3 cm³/mol. The van der Waals surface area contributed by atoms with Gasteiger partial charge in [-0.2, -0.15) is 4.98 Å². The molecule has 0 N–H and O–H groups in total. The molecule has 1 aromatic carbocycles. The van der Waals surface area contributed by atoms with Gasteiger partial charge in [-0.15, -0.1) is 0 Å². The van der Waals surface area contributed by atoms with E-state index in [2.05, 4.69) is 16.0 Å². The topological polar surface area (TPSA) is 30.2 Å². The van der Waals surface area contributed by atoms with Crippen LogP contribution in [0.2, 0.25) is 0 Å². The summed E-state index contributed by atoms with van der Waals surface area (Å²) in [5.74, 6) is 0.767. The van der Waals surface area contributed by atoms with Crippen LogP contribution in [0.25, 0.3) is 11.4 Å². The number of terminal acetylenes is 1. The first-order chi connectivity index (χ1) is 7.35. The van der Waals surface area contributed by atoms with Gasteiger partial charge in [0, 0.05) is 18.7 Å². The molecule has 0 amide bonds. The second-order valence-corrected chi connectivity index (χ2v) is 3.74. The third-order valence-electron chi connectivity index (χ3n) is 1.91. The van der Waals surface area contributed by atoms with Crippen LogP contribution in [0.5, 0.6) is 0 Å². The maximum Gasteiger partial charge on any atom is 0.223 e. The fourth-order valence-electron chi connectivity index (χ4n) is 1.23. The SMILES string of the molecule is C#Cn1sc(=NC)nc1-c1ccccc1. The molecule has 2 rings (SSSR count). The van der Waals surface area contributed by atoms with E-state index in [1.54, 1.807) is 11.0 Å². The van der Waals surface area contributed by atoms with E-state index in [1.165, 1.54) is 11.5 Å². The Balaban J connectivity index is 2.64. The Kier molecular flexibility index (Phi) is 2.66. The molecule has 0 atom stereocenters. The molecule has 1 heterocycles. The Morgan fingerprint density at radius 3 is 2.73 bits per heavy atom. The largest absolute Gasteiger partial charge is 0.260 e. The van der Waals surface area contributed by atoms with Crippen LogP contribution >= 0.6 is 11.5 Å². The van der Waals surface area contributed by atoms with Crippen molar-refractivity contribution in [1.29, 1.82) is 0 Å². The van der Waals surface area contributed by atoms with Gasteiger partial charge in [-0.3, -0.25) is 4.99 Å². The van der Waals surface area contributed by atoms with Gasteiger partial charge < -0.3 is 0 Å². The number of benzene rings is 1. The Morgan fingerprint density at radius 1 is 1.40 bits per heavy atom. The van der Waals surface area contributed by atoms with Gasteiger partial charge in [-0.1, -0.05) is 36.8 Å². The zero-order valence-electron chi connectivity index (χ0n) is 8.21. The molecule has 0 aliphatic rings. The van der Waals surface area contributed by atoms with Crippen molar-refractivity contribution in [2.75, 3.05) is 7.05 Å². The highest BCUT2D eigenvalue weighted by molar-refractivity contribution is 7.04. The van der Waals surface area contributed by atoms with Gasteiger partial charge in [0.1, 0.15) is 0 Å². The molecule has 0 aliphatic heterocycles. The fraction of sp³-hybridized carbons (Fsp3) is 0.0909. The van der Waals surface area contributed by atoms with Crippen molar-refractivity contribution in [2.45, 2.75) is 0 Å². The molecule has 0 fully saturated rings. The van der Waals surface area contributed by atoms with Crippen LogP contribution in [0, 0.1) is 12.5 Å². The van der Waals surface area contributed by atoms with Crippen molar-refractivity contribution in [2.24, 2.45) is 4.99 Å². The van der Waals surface area contributed by atoms with Gasteiger partial charge >= 0.3 is 0 Å². The molecule has 0 spiro atoms. The maximum atomic E-state index is 5.40. The molecule has 2 aromatic rings. The molecular formula is C11H9N3S. The van der Waals surface area contributed by atoms with Crippen molar-refractivity contribution in [3.8, 4) is 23.9 Å². The van der Waals surface area contributed by atoms with Gasteiger partial charge in [-0.25, -0.2) is 3.96 Å². The third-order valence-corrected chi connectivity index (χ3v) is 2.81. The average molecular weight is 215 g/mol. The lowest BCUT2D eigenvalue weighted by atomic mass is 10.2. The first kappa shape index (κ1) is 9.69. The predicted octanol–water partition coefficient (Wildman–Crippen LogP) is 1.58. The second kappa shape index (κ2) is 4.11. The average Bonchev–Trinajstić information content (AvgIpc) is 2.73. The summed E-state index contributed by atoms with van der Waals surface area (Å²) in [6.45, 7) is 0. The lowest BCUT2D eigenvalue weighted by molar-refractivity contribution is 1.14. The highest BCUT2D eigenvalue weighted by atomic mass is 32.1. The minimum Gasteiger partial charge on any atom is -0.260 e. The van der Waals surface area contributed by atoms with Crippen molar-refractivity contribution < 1.29 is 0 Å². The van der Waals surface area contributed by atoms with Crippen LogP contribution < -0.4 is 4.80 Å². The van der Waals surface area contributed by atoms with E-state index in [9.17, 15) is 0 Å². The molecular weight excluding hydrogens is 206 g/mol. The summed E-state index contributed by atoms with van der Waals surface area (Å²) in [5, 5.41) is 0. The summed E-state index contributed by atoms with van der Waals surface area (Å²) in [6.07, 6.45) is 5.40. The smallest absolute Gasteiger partial charge is 0.223 e. The van der Waals surface area contributed by atoms with E-state index >= 15 is 0 Å². The van der Waals surface area contributed by atoms with E-state index in [0.717, 1.165) is 11.4 Å². The highest BCUT2D eigenvalue weighted by Gasteiger charge is 2.05. The number of rotatable bonds is 1. The molecule has 0 saturated heterocycles. The standard InChI is InChI=1S/C11H9N3S/c1-3-14-10(13-11(12-2)15-14)9-7-5-4-6-8-9/h1,4-8H,2H3. The lowest BCUT2D eigenvalue weighted by Crippen LogP contribution is -1.96. The molecule has 0 saturated carbocycles. The van der Waals surface area contributed by atoms with Gasteiger partial charge in [0.25, 0.3) is 0 Å². The minimum atomic E-state index is 0.687. The number of aromatic nitrogens is 2. The minimum absolute atomic E-state index is 0.687. The molecule has 4 heteroatoms. The van der Waals surface area contributed by atoms with Gasteiger partial charge in [0.15, 0.2) is 5.82 Å². The summed E-state index contributed by atoms with van der Waals surface area (Å²) in [6, 6.07) is 12.4. The number of hydrogen-bond acceptors (Lipinski definition) is 3. The Bertz CT molecular complexity index is 558. The molecule has 3 nitrogen and oxygen atoms in total. The first-order valence-electron chi connectivity index (χ1n) is 4.40. The summed E-state index contributed by atoms with van der Waals surface area (Å²) >= 11 is 1.36. The monoisotopic (exact) mass is 215 g/mol. The summed E-state index contributed by atoms with van der Waals surface area (Å²) in [7, 11) is 1.70. The van der Waals surface area contributed by atoms with E-state index < -0.39 is 0 Å². The molecule has 74 valence electrons. The second-order valence-electron chi connectivity index (χ2n) is 2.82. The van der Waals surface area contributed by atoms with E-state index in [-0.39, 0.29) is 0 Å². The van der Waals surface area contributed by atoms with Crippen molar-refractivity contribution >= 4 is 11.5 Å². The Hall–Kier alpha value is -1.86. The normalized spacial score (nSPS) is 11.3. The fourth-order valence-corrected chi connectivity index (χ4v) is 1.89. The van der Waals surface area contributed by atoms with Gasteiger partial charge in [0.05, 0.1) is 0 Å². The number of nitrogens with zero attached hydrogens (tertiary/aromatic N) is 3. The van der Waals surface area contributed by atoms with Crippen LogP contribution in [-0.4, -0.2) is 16.0 Å². The summed E-state index contributed by atoms with van der Waals surface area (Å²) in [5.41, 5.74) is 1.00. The van der Waals surface area contributed by atoms with Crippen LogP contribution in [0.1, 0.15) is 0 Å². The summed E-state index contributed by atoms with van der Waals surface area (Å²) in [4.78, 5) is 9.05. The van der Waals surface area contributed by atoms with Crippen LogP contribution in [0.15, 0.2) is 35.3 Å². The van der Waals surface area contributed by atoms with Crippen molar-refractivity contribution in [1.82, 2.24) is 8.94 Å². The molecule has 0 radical (unpaired) electrons. The van der Waals surface area contributed by atoms with Crippen LogP contribution in [-0.2, 0) is 0 Å². The van der Waals surface area contributed by atoms with E-state index in [4.69, 9.17) is 6.42 Å². The Morgan fingerprint density at radius 2 is 2.13 bits per heavy atom. The highest BCUT2D eigenvalue weighted by Crippen LogP contribution is 2.15. The quantitative estimate of drug-likeness (QED) is 0.664. The van der Waals surface area contributed by atoms with Crippen LogP contribution in [0.3, 0.4) is 0 Å². The lowest BCUT2D eigenvalue weighted by Gasteiger charge is -1.97. The Labute approximate surface area is 91.9 Å². The summed E-state index contributed by atoms with van der Waals surface area (Å²) < 4.78 is 1.68. The third kappa shape index (κ3) is 1.83. The molecule has 0 aliphatic carbocycles. The van der Waals surface area contributed by atoms with Crippen molar-refractivity contribution in [3.63, 3.8) is 0 Å². The van der Waals surface area contributed by atoms with Gasteiger partial charge in [-0.05, 0) is 11.5 Å².